The Morgan fingerprint density at radius 2 is 1.88 bits per heavy atom. The Morgan fingerprint density at radius 3 is 2.53 bits per heavy atom. The molecule has 3 nitrogen and oxygen atoms in total. The van der Waals surface area contributed by atoms with Crippen molar-refractivity contribution in [1.82, 2.24) is 0 Å². The van der Waals surface area contributed by atoms with Gasteiger partial charge in [0.25, 0.3) is 0 Å². The summed E-state index contributed by atoms with van der Waals surface area (Å²) in [6.07, 6.45) is 7.31. The quantitative estimate of drug-likeness (QED) is 0.459. The molecule has 0 rings (SSSR count). The van der Waals surface area contributed by atoms with E-state index >= 15 is 0 Å². The van der Waals surface area contributed by atoms with E-state index in [0.29, 0.717) is 6.61 Å². The molecule has 1 atom stereocenters. The smallest absolute Gasteiger partial charge is 0.322 e. The van der Waals surface area contributed by atoms with Gasteiger partial charge in [-0.25, -0.2) is 0 Å². The number of ether oxygens (including phenoxy) is 1. The third-order valence-electron chi connectivity index (χ3n) is 2.55. The molecule has 2 N–H and O–H groups in total. The molecule has 0 aliphatic rings. The van der Waals surface area contributed by atoms with Crippen molar-refractivity contribution in [1.29, 1.82) is 0 Å². The minimum atomic E-state index is -0.442. The minimum absolute atomic E-state index is 0.268. The molecule has 0 aromatic carbocycles. The molecular formula is C13H27NO2S. The Bertz CT molecular complexity index is 188. The molecule has 0 spiro atoms. The third kappa shape index (κ3) is 10.6. The second kappa shape index (κ2) is 12.2. The molecule has 0 aromatic rings. The number of hydrogen-bond acceptors (Lipinski definition) is 4. The van der Waals surface area contributed by atoms with Crippen LogP contribution in [0.25, 0.3) is 0 Å². The van der Waals surface area contributed by atoms with Crippen LogP contribution in [-0.4, -0.2) is 30.1 Å². The molecule has 0 saturated heterocycles. The van der Waals surface area contributed by atoms with Crippen LogP contribution in [0, 0.1) is 0 Å². The molecule has 0 bridgehead atoms. The Kier molecular flexibility index (Phi) is 12.1. The Hall–Kier alpha value is -0.220. The van der Waals surface area contributed by atoms with Crippen LogP contribution < -0.4 is 5.73 Å². The van der Waals surface area contributed by atoms with Gasteiger partial charge in [-0.1, -0.05) is 32.6 Å². The summed E-state index contributed by atoms with van der Waals surface area (Å²) in [7, 11) is 0. The monoisotopic (exact) mass is 261 g/mol. The number of nitrogens with two attached hydrogens (primary N) is 1. The fourth-order valence-corrected chi connectivity index (χ4v) is 2.52. The second-order valence-corrected chi connectivity index (χ2v) is 5.40. The van der Waals surface area contributed by atoms with Gasteiger partial charge in [-0.05, 0) is 31.3 Å². The van der Waals surface area contributed by atoms with E-state index in [1.165, 1.54) is 37.9 Å². The maximum Gasteiger partial charge on any atom is 0.322 e. The van der Waals surface area contributed by atoms with Crippen LogP contribution in [0.1, 0.15) is 52.4 Å². The zero-order valence-electron chi connectivity index (χ0n) is 11.2. The van der Waals surface area contributed by atoms with E-state index < -0.39 is 6.04 Å². The summed E-state index contributed by atoms with van der Waals surface area (Å²) in [5.74, 6) is 1.86. The largest absolute Gasteiger partial charge is 0.465 e. The van der Waals surface area contributed by atoms with Gasteiger partial charge in [-0.3, -0.25) is 4.79 Å². The molecule has 0 saturated carbocycles. The van der Waals surface area contributed by atoms with Gasteiger partial charge in [-0.2, -0.15) is 11.8 Å². The van der Waals surface area contributed by atoms with Crippen LogP contribution in [0.15, 0.2) is 0 Å². The first-order chi connectivity index (χ1) is 8.22. The lowest BCUT2D eigenvalue weighted by Gasteiger charge is -2.09. The van der Waals surface area contributed by atoms with E-state index in [2.05, 4.69) is 6.92 Å². The van der Waals surface area contributed by atoms with E-state index in [9.17, 15) is 4.79 Å². The molecule has 4 heteroatoms. The lowest BCUT2D eigenvalue weighted by molar-refractivity contribution is -0.144. The van der Waals surface area contributed by atoms with Crippen molar-refractivity contribution >= 4 is 17.7 Å². The number of carbonyl (C=O) groups excluding carboxylic acids is 1. The molecule has 0 fully saturated rings. The number of hydrogen-bond donors (Lipinski definition) is 1. The van der Waals surface area contributed by atoms with Crippen molar-refractivity contribution < 1.29 is 9.53 Å². The summed E-state index contributed by atoms with van der Waals surface area (Å²) < 4.78 is 4.85. The van der Waals surface area contributed by atoms with Crippen molar-refractivity contribution in [2.75, 3.05) is 18.1 Å². The van der Waals surface area contributed by atoms with Gasteiger partial charge < -0.3 is 10.5 Å². The van der Waals surface area contributed by atoms with E-state index in [4.69, 9.17) is 10.5 Å². The zero-order chi connectivity index (χ0) is 12.9. The molecule has 102 valence electrons. The van der Waals surface area contributed by atoms with Gasteiger partial charge in [0.1, 0.15) is 6.04 Å². The highest BCUT2D eigenvalue weighted by Crippen LogP contribution is 2.10. The molecule has 17 heavy (non-hydrogen) atoms. The predicted molar refractivity (Wildman–Crippen MR) is 75.3 cm³/mol. The van der Waals surface area contributed by atoms with E-state index in [1.54, 1.807) is 6.92 Å². The van der Waals surface area contributed by atoms with Crippen molar-refractivity contribution in [3.8, 4) is 0 Å². The average Bonchev–Trinajstić information content (AvgIpc) is 2.32. The van der Waals surface area contributed by atoms with Crippen LogP contribution in [0.2, 0.25) is 0 Å². The standard InChI is InChI=1S/C13H27NO2S/c1-3-5-6-7-8-10-17-11-9-12(14)13(15)16-4-2/h12H,3-11,14H2,1-2H3. The Morgan fingerprint density at radius 1 is 1.18 bits per heavy atom. The Labute approximate surface area is 110 Å². The molecule has 1 unspecified atom stereocenters. The maximum atomic E-state index is 11.2. The molecular weight excluding hydrogens is 234 g/mol. The lowest BCUT2D eigenvalue weighted by atomic mass is 10.2. The number of rotatable bonds is 11. The SMILES string of the molecule is CCCCCCCSCCC(N)C(=O)OCC. The first-order valence-corrected chi connectivity index (χ1v) is 7.87. The van der Waals surface area contributed by atoms with Gasteiger partial charge >= 0.3 is 5.97 Å². The van der Waals surface area contributed by atoms with Crippen molar-refractivity contribution in [3.05, 3.63) is 0 Å². The summed E-state index contributed by atoms with van der Waals surface area (Å²) in [4.78, 5) is 11.2. The summed E-state index contributed by atoms with van der Waals surface area (Å²) >= 11 is 1.89. The Balaban J connectivity index is 3.24. The number of esters is 1. The average molecular weight is 261 g/mol. The van der Waals surface area contributed by atoms with Crippen molar-refractivity contribution in [3.63, 3.8) is 0 Å². The first-order valence-electron chi connectivity index (χ1n) is 6.72. The highest BCUT2D eigenvalue weighted by atomic mass is 32.2. The number of carbonyl (C=O) groups is 1. The van der Waals surface area contributed by atoms with Crippen LogP contribution in [0.5, 0.6) is 0 Å². The summed E-state index contributed by atoms with van der Waals surface area (Å²) in [5, 5.41) is 0. The maximum absolute atomic E-state index is 11.2. The topological polar surface area (TPSA) is 52.3 Å². The highest BCUT2D eigenvalue weighted by Gasteiger charge is 2.13. The minimum Gasteiger partial charge on any atom is -0.465 e. The summed E-state index contributed by atoms with van der Waals surface area (Å²) in [6, 6.07) is -0.442. The van der Waals surface area contributed by atoms with E-state index in [-0.39, 0.29) is 5.97 Å². The van der Waals surface area contributed by atoms with E-state index in [0.717, 1.165) is 12.2 Å². The fourth-order valence-electron chi connectivity index (χ4n) is 1.49. The molecule has 0 aromatic heterocycles. The fraction of sp³-hybridized carbons (Fsp3) is 0.923. The second-order valence-electron chi connectivity index (χ2n) is 4.17. The van der Waals surface area contributed by atoms with Gasteiger partial charge in [0, 0.05) is 0 Å². The van der Waals surface area contributed by atoms with E-state index in [1.807, 2.05) is 11.8 Å². The van der Waals surface area contributed by atoms with Gasteiger partial charge in [0.15, 0.2) is 0 Å². The van der Waals surface area contributed by atoms with Gasteiger partial charge in [0.2, 0.25) is 0 Å². The summed E-state index contributed by atoms with van der Waals surface area (Å²) in [5.41, 5.74) is 5.70. The highest BCUT2D eigenvalue weighted by molar-refractivity contribution is 7.99. The van der Waals surface area contributed by atoms with Gasteiger partial charge in [0.05, 0.1) is 6.61 Å². The lowest BCUT2D eigenvalue weighted by Crippen LogP contribution is -2.32. The van der Waals surface area contributed by atoms with Crippen LogP contribution in [0.4, 0.5) is 0 Å². The van der Waals surface area contributed by atoms with Crippen molar-refractivity contribution in [2.24, 2.45) is 5.73 Å². The number of thioether (sulfide) groups is 1. The molecule has 0 heterocycles. The molecule has 0 radical (unpaired) electrons. The van der Waals surface area contributed by atoms with Crippen LogP contribution in [-0.2, 0) is 9.53 Å². The first kappa shape index (κ1) is 16.8. The molecule has 0 aliphatic heterocycles. The van der Waals surface area contributed by atoms with Crippen molar-refractivity contribution in [2.45, 2.75) is 58.4 Å². The zero-order valence-corrected chi connectivity index (χ0v) is 12.1. The predicted octanol–water partition coefficient (Wildman–Crippen LogP) is 2.97. The normalized spacial score (nSPS) is 12.4. The van der Waals surface area contributed by atoms with Crippen LogP contribution >= 0.6 is 11.8 Å². The van der Waals surface area contributed by atoms with Crippen LogP contribution in [0.3, 0.4) is 0 Å². The summed E-state index contributed by atoms with van der Waals surface area (Å²) in [6.45, 7) is 4.44. The third-order valence-corrected chi connectivity index (χ3v) is 3.66. The molecule has 0 amide bonds. The molecule has 0 aliphatic carbocycles. The number of unbranched alkanes of at least 4 members (excludes halogenated alkanes) is 4. The van der Waals surface area contributed by atoms with Gasteiger partial charge in [-0.15, -0.1) is 0 Å².